The maximum Gasteiger partial charge on any atom is 0.410 e. The molecule has 0 aliphatic carbocycles. The van der Waals surface area contributed by atoms with Crippen LogP contribution in [-0.2, 0) is 4.74 Å². The van der Waals surface area contributed by atoms with Crippen LogP contribution < -0.4 is 4.74 Å². The van der Waals surface area contributed by atoms with Crippen LogP contribution in [0.5, 0.6) is 5.75 Å². The fourth-order valence-corrected chi connectivity index (χ4v) is 4.21. The van der Waals surface area contributed by atoms with Crippen molar-refractivity contribution in [1.29, 1.82) is 0 Å². The molecule has 2 unspecified atom stereocenters. The van der Waals surface area contributed by atoms with Gasteiger partial charge >= 0.3 is 6.09 Å². The second-order valence-corrected chi connectivity index (χ2v) is 8.45. The van der Waals surface area contributed by atoms with E-state index in [4.69, 9.17) is 9.47 Å². The third-order valence-corrected chi connectivity index (χ3v) is 5.25. The van der Waals surface area contributed by atoms with Gasteiger partial charge in [0.2, 0.25) is 0 Å². The number of ether oxygens (including phenoxy) is 2. The number of rotatable bonds is 2. The summed E-state index contributed by atoms with van der Waals surface area (Å²) < 4.78 is 25.5. The largest absolute Gasteiger partial charge is 0.490 e. The number of amides is 1. The van der Waals surface area contributed by atoms with Crippen molar-refractivity contribution in [2.24, 2.45) is 0 Å². The van der Waals surface area contributed by atoms with Crippen LogP contribution in [0, 0.1) is 5.82 Å². The van der Waals surface area contributed by atoms with Gasteiger partial charge in [0.1, 0.15) is 23.3 Å². The highest BCUT2D eigenvalue weighted by atomic mass is 19.1. The third-order valence-electron chi connectivity index (χ3n) is 5.25. The second kappa shape index (κ2) is 6.66. The van der Waals surface area contributed by atoms with E-state index in [1.54, 1.807) is 18.3 Å². The number of aromatic nitrogens is 1. The maximum atomic E-state index is 13.7. The monoisotopic (exact) mass is 372 g/mol. The zero-order valence-corrected chi connectivity index (χ0v) is 15.9. The first-order chi connectivity index (χ1) is 12.8. The Hall–Kier alpha value is -2.37. The minimum atomic E-state index is -0.496. The molecule has 2 atom stereocenters. The van der Waals surface area contributed by atoms with Gasteiger partial charge in [-0.2, -0.15) is 0 Å². The minimum absolute atomic E-state index is 0.00458. The molecule has 2 aromatic rings. The van der Waals surface area contributed by atoms with Crippen LogP contribution in [0.4, 0.5) is 9.18 Å². The number of benzene rings is 1. The summed E-state index contributed by atoms with van der Waals surface area (Å²) >= 11 is 0. The molecule has 2 saturated heterocycles. The number of halogens is 1. The molecule has 2 fully saturated rings. The van der Waals surface area contributed by atoms with Crippen molar-refractivity contribution < 1.29 is 18.7 Å². The average molecular weight is 372 g/mol. The van der Waals surface area contributed by atoms with E-state index in [1.807, 2.05) is 25.7 Å². The Kier molecular flexibility index (Phi) is 4.44. The number of carbonyl (C=O) groups is 1. The SMILES string of the molecule is CC(C)(C)OC(=O)N1C2CCC1CC(Oc1ccnc3ccc(F)cc13)C2. The van der Waals surface area contributed by atoms with Crippen molar-refractivity contribution in [2.75, 3.05) is 0 Å². The summed E-state index contributed by atoms with van der Waals surface area (Å²) in [6, 6.07) is 6.57. The van der Waals surface area contributed by atoms with Crippen LogP contribution in [0.2, 0.25) is 0 Å². The molecule has 144 valence electrons. The fraction of sp³-hybridized carbons (Fsp3) is 0.524. The van der Waals surface area contributed by atoms with Crippen LogP contribution in [0.1, 0.15) is 46.5 Å². The number of pyridine rings is 1. The summed E-state index contributed by atoms with van der Waals surface area (Å²) in [5.41, 5.74) is 0.215. The van der Waals surface area contributed by atoms with Crippen molar-refractivity contribution >= 4 is 17.0 Å². The Bertz CT molecular complexity index is 850. The van der Waals surface area contributed by atoms with Crippen LogP contribution in [0.3, 0.4) is 0 Å². The first-order valence-electron chi connectivity index (χ1n) is 9.52. The smallest absolute Gasteiger partial charge is 0.410 e. The van der Waals surface area contributed by atoms with Crippen molar-refractivity contribution in [2.45, 2.75) is 70.2 Å². The number of fused-ring (bicyclic) bond motifs is 3. The van der Waals surface area contributed by atoms with Crippen molar-refractivity contribution in [1.82, 2.24) is 9.88 Å². The van der Waals surface area contributed by atoms with Gasteiger partial charge in [-0.1, -0.05) is 0 Å². The number of carbonyl (C=O) groups excluding carboxylic acids is 1. The summed E-state index contributed by atoms with van der Waals surface area (Å²) in [5.74, 6) is 0.342. The molecule has 1 amide bonds. The summed E-state index contributed by atoms with van der Waals surface area (Å²) in [4.78, 5) is 18.7. The lowest BCUT2D eigenvalue weighted by atomic mass is 10.00. The Balaban J connectivity index is 1.50. The quantitative estimate of drug-likeness (QED) is 0.768. The van der Waals surface area contributed by atoms with E-state index >= 15 is 0 Å². The first kappa shape index (κ1) is 18.0. The van der Waals surface area contributed by atoms with E-state index in [0.717, 1.165) is 25.7 Å². The predicted molar refractivity (Wildman–Crippen MR) is 100 cm³/mol. The highest BCUT2D eigenvalue weighted by Gasteiger charge is 2.45. The zero-order chi connectivity index (χ0) is 19.2. The third kappa shape index (κ3) is 3.70. The number of piperidine rings is 1. The van der Waals surface area contributed by atoms with E-state index in [2.05, 4.69) is 4.98 Å². The lowest BCUT2D eigenvalue weighted by molar-refractivity contribution is -0.00690. The lowest BCUT2D eigenvalue weighted by Gasteiger charge is -2.39. The van der Waals surface area contributed by atoms with Crippen molar-refractivity contribution in [3.05, 3.63) is 36.3 Å². The molecule has 0 saturated carbocycles. The number of hydrogen-bond acceptors (Lipinski definition) is 4. The van der Waals surface area contributed by atoms with Crippen LogP contribution in [0.25, 0.3) is 10.9 Å². The van der Waals surface area contributed by atoms with Gasteiger partial charge < -0.3 is 14.4 Å². The van der Waals surface area contributed by atoms with Crippen molar-refractivity contribution in [3.8, 4) is 5.75 Å². The highest BCUT2D eigenvalue weighted by Crippen LogP contribution is 2.39. The highest BCUT2D eigenvalue weighted by molar-refractivity contribution is 5.84. The van der Waals surface area contributed by atoms with Gasteiger partial charge in [-0.15, -0.1) is 0 Å². The topological polar surface area (TPSA) is 51.7 Å². The molecular weight excluding hydrogens is 347 g/mol. The molecule has 5 nitrogen and oxygen atoms in total. The number of nitrogens with zero attached hydrogens (tertiary/aromatic N) is 2. The van der Waals surface area contributed by atoms with Gasteiger partial charge in [0.15, 0.2) is 0 Å². The Labute approximate surface area is 158 Å². The maximum absolute atomic E-state index is 13.7. The lowest BCUT2D eigenvalue weighted by Crippen LogP contribution is -2.50. The zero-order valence-electron chi connectivity index (χ0n) is 15.9. The molecule has 0 radical (unpaired) electrons. The van der Waals surface area contributed by atoms with Gasteiger partial charge in [0, 0.05) is 36.5 Å². The van der Waals surface area contributed by atoms with E-state index in [1.165, 1.54) is 12.1 Å². The molecule has 6 heteroatoms. The fourth-order valence-electron chi connectivity index (χ4n) is 4.21. The molecule has 2 bridgehead atoms. The van der Waals surface area contributed by atoms with Gasteiger partial charge in [-0.05, 0) is 57.9 Å². The van der Waals surface area contributed by atoms with Gasteiger partial charge in [0.25, 0.3) is 0 Å². The van der Waals surface area contributed by atoms with Crippen molar-refractivity contribution in [3.63, 3.8) is 0 Å². The summed E-state index contributed by atoms with van der Waals surface area (Å²) in [6.07, 6.45) is 4.90. The summed E-state index contributed by atoms with van der Waals surface area (Å²) in [5, 5.41) is 0.680. The molecule has 27 heavy (non-hydrogen) atoms. The molecule has 2 aliphatic rings. The average Bonchev–Trinajstić information content (AvgIpc) is 2.85. The molecule has 3 heterocycles. The summed E-state index contributed by atoms with van der Waals surface area (Å²) in [7, 11) is 0. The van der Waals surface area contributed by atoms with E-state index in [0.29, 0.717) is 16.7 Å². The van der Waals surface area contributed by atoms with Gasteiger partial charge in [-0.3, -0.25) is 4.98 Å². The molecule has 1 aromatic carbocycles. The van der Waals surface area contributed by atoms with Crippen LogP contribution in [0.15, 0.2) is 30.5 Å². The Morgan fingerprint density at radius 2 is 1.89 bits per heavy atom. The van der Waals surface area contributed by atoms with E-state index in [-0.39, 0.29) is 30.1 Å². The standard InChI is InChI=1S/C21H25FN2O3/c1-21(2,3)27-20(25)24-14-5-6-15(24)12-16(11-14)26-19-8-9-23-18-7-4-13(22)10-17(18)19/h4,7-10,14-16H,5-6,11-12H2,1-3H3. The van der Waals surface area contributed by atoms with Crippen LogP contribution in [-0.4, -0.2) is 39.8 Å². The molecule has 4 rings (SSSR count). The molecular formula is C21H25FN2O3. The normalized spacial score (nSPS) is 24.9. The molecule has 0 spiro atoms. The molecule has 1 aromatic heterocycles. The molecule has 2 aliphatic heterocycles. The first-order valence-corrected chi connectivity index (χ1v) is 9.52. The van der Waals surface area contributed by atoms with Crippen LogP contribution >= 0.6 is 0 Å². The van der Waals surface area contributed by atoms with Gasteiger partial charge in [-0.25, -0.2) is 9.18 Å². The number of hydrogen-bond donors (Lipinski definition) is 0. The summed E-state index contributed by atoms with van der Waals surface area (Å²) in [6.45, 7) is 5.66. The molecule has 0 N–H and O–H groups in total. The Morgan fingerprint density at radius 3 is 2.56 bits per heavy atom. The predicted octanol–water partition coefficient (Wildman–Crippen LogP) is 4.68. The van der Waals surface area contributed by atoms with E-state index < -0.39 is 5.60 Å². The minimum Gasteiger partial charge on any atom is -0.490 e. The van der Waals surface area contributed by atoms with Gasteiger partial charge in [0.05, 0.1) is 5.52 Å². The Morgan fingerprint density at radius 1 is 1.19 bits per heavy atom. The van der Waals surface area contributed by atoms with E-state index in [9.17, 15) is 9.18 Å². The second-order valence-electron chi connectivity index (χ2n) is 8.45.